The topological polar surface area (TPSA) is 49.3 Å². The zero-order valence-electron chi connectivity index (χ0n) is 10.3. The minimum Gasteiger partial charge on any atom is -0.393 e. The van der Waals surface area contributed by atoms with Gasteiger partial charge in [0.05, 0.1) is 6.10 Å². The van der Waals surface area contributed by atoms with Crippen LogP contribution in [-0.4, -0.2) is 23.7 Å². The lowest BCUT2D eigenvalue weighted by Gasteiger charge is -2.15. The van der Waals surface area contributed by atoms with Crippen molar-refractivity contribution in [2.45, 2.75) is 59.0 Å². The molecule has 0 unspecified atom stereocenters. The van der Waals surface area contributed by atoms with Crippen LogP contribution in [0.4, 0.5) is 0 Å². The number of carbonyl (C=O) groups is 1. The van der Waals surface area contributed by atoms with Crippen molar-refractivity contribution >= 4 is 5.91 Å². The van der Waals surface area contributed by atoms with Crippen LogP contribution >= 0.6 is 0 Å². The van der Waals surface area contributed by atoms with E-state index >= 15 is 0 Å². The van der Waals surface area contributed by atoms with Crippen molar-refractivity contribution in [3.63, 3.8) is 0 Å². The third-order valence-corrected chi connectivity index (χ3v) is 2.51. The molecule has 90 valence electrons. The monoisotopic (exact) mass is 215 g/mol. The maximum Gasteiger partial charge on any atom is 0.223 e. The number of carbonyl (C=O) groups excluding carboxylic acids is 1. The quantitative estimate of drug-likeness (QED) is 0.651. The van der Waals surface area contributed by atoms with Gasteiger partial charge in [0.25, 0.3) is 0 Å². The minimum atomic E-state index is -0.332. The highest BCUT2D eigenvalue weighted by Crippen LogP contribution is 2.13. The first-order valence-corrected chi connectivity index (χ1v) is 6.07. The van der Waals surface area contributed by atoms with E-state index < -0.39 is 0 Å². The fraction of sp³-hybridized carbons (Fsp3) is 0.917. The van der Waals surface area contributed by atoms with Crippen molar-refractivity contribution in [2.75, 3.05) is 6.54 Å². The Labute approximate surface area is 93.3 Å². The first-order valence-electron chi connectivity index (χ1n) is 6.07. The molecule has 0 saturated carbocycles. The minimum absolute atomic E-state index is 0.152. The van der Waals surface area contributed by atoms with Gasteiger partial charge in [-0.3, -0.25) is 4.79 Å². The number of amides is 1. The molecule has 1 amide bonds. The lowest BCUT2D eigenvalue weighted by atomic mass is 9.97. The number of rotatable bonds is 8. The van der Waals surface area contributed by atoms with Gasteiger partial charge in [0.2, 0.25) is 5.91 Å². The van der Waals surface area contributed by atoms with Crippen LogP contribution in [0.2, 0.25) is 0 Å². The summed E-state index contributed by atoms with van der Waals surface area (Å²) in [4.78, 5) is 11.7. The van der Waals surface area contributed by atoms with E-state index in [1.807, 2.05) is 0 Å². The zero-order chi connectivity index (χ0) is 11.7. The lowest BCUT2D eigenvalue weighted by Crippen LogP contribution is -2.32. The van der Waals surface area contributed by atoms with Crippen LogP contribution in [0.1, 0.15) is 52.9 Å². The van der Waals surface area contributed by atoms with E-state index in [1.165, 1.54) is 0 Å². The first-order chi connectivity index (χ1) is 7.11. The Balaban J connectivity index is 3.80. The Bertz CT molecular complexity index is 163. The molecule has 0 aliphatic heterocycles. The molecule has 3 heteroatoms. The predicted molar refractivity (Wildman–Crippen MR) is 62.6 cm³/mol. The third kappa shape index (κ3) is 7.37. The highest BCUT2D eigenvalue weighted by atomic mass is 16.3. The molecule has 0 bridgehead atoms. The summed E-state index contributed by atoms with van der Waals surface area (Å²) in [6.45, 7) is 6.53. The van der Waals surface area contributed by atoms with Crippen molar-refractivity contribution in [1.82, 2.24) is 5.32 Å². The van der Waals surface area contributed by atoms with Crippen molar-refractivity contribution in [3.8, 4) is 0 Å². The molecular weight excluding hydrogens is 190 g/mol. The molecule has 0 aliphatic rings. The lowest BCUT2D eigenvalue weighted by molar-refractivity contribution is -0.125. The van der Waals surface area contributed by atoms with E-state index in [2.05, 4.69) is 19.2 Å². The number of hydrogen-bond acceptors (Lipinski definition) is 2. The molecule has 0 saturated heterocycles. The van der Waals surface area contributed by atoms with Crippen LogP contribution < -0.4 is 5.32 Å². The maximum absolute atomic E-state index is 11.7. The van der Waals surface area contributed by atoms with E-state index in [4.69, 9.17) is 5.11 Å². The van der Waals surface area contributed by atoms with Gasteiger partial charge in [-0.25, -0.2) is 0 Å². The normalized spacial score (nSPS) is 12.9. The van der Waals surface area contributed by atoms with Gasteiger partial charge < -0.3 is 10.4 Å². The number of nitrogens with one attached hydrogen (secondary N) is 1. The fourth-order valence-electron chi connectivity index (χ4n) is 1.65. The molecular formula is C12H25NO2. The van der Waals surface area contributed by atoms with E-state index in [-0.39, 0.29) is 17.9 Å². The van der Waals surface area contributed by atoms with Gasteiger partial charge in [0, 0.05) is 12.5 Å². The Morgan fingerprint density at radius 1 is 1.20 bits per heavy atom. The molecule has 0 spiro atoms. The fourth-order valence-corrected chi connectivity index (χ4v) is 1.65. The molecule has 0 aromatic heterocycles. The van der Waals surface area contributed by atoms with Crippen molar-refractivity contribution in [1.29, 1.82) is 0 Å². The summed E-state index contributed by atoms with van der Waals surface area (Å²) in [5.74, 6) is 0.313. The number of aliphatic hydroxyl groups excluding tert-OH is 1. The van der Waals surface area contributed by atoms with Gasteiger partial charge in [-0.2, -0.15) is 0 Å². The van der Waals surface area contributed by atoms with E-state index in [1.54, 1.807) is 6.92 Å². The van der Waals surface area contributed by atoms with Crippen LogP contribution in [0.25, 0.3) is 0 Å². The summed E-state index contributed by atoms with van der Waals surface area (Å²) in [6.07, 6.45) is 4.34. The molecule has 0 fully saturated rings. The van der Waals surface area contributed by atoms with Crippen LogP contribution in [0.15, 0.2) is 0 Å². The Kier molecular flexibility index (Phi) is 8.38. The average molecular weight is 215 g/mol. The Morgan fingerprint density at radius 2 is 1.73 bits per heavy atom. The second-order valence-corrected chi connectivity index (χ2v) is 4.20. The molecule has 0 radical (unpaired) electrons. The van der Waals surface area contributed by atoms with Gasteiger partial charge in [-0.05, 0) is 26.2 Å². The summed E-state index contributed by atoms with van der Waals surface area (Å²) in [5, 5.41) is 11.9. The highest BCUT2D eigenvalue weighted by Gasteiger charge is 2.15. The zero-order valence-corrected chi connectivity index (χ0v) is 10.3. The molecule has 0 aromatic carbocycles. The first kappa shape index (κ1) is 14.4. The summed E-state index contributed by atoms with van der Waals surface area (Å²) >= 11 is 0. The van der Waals surface area contributed by atoms with Crippen LogP contribution in [0, 0.1) is 5.92 Å². The number of hydrogen-bond donors (Lipinski definition) is 2. The molecule has 15 heavy (non-hydrogen) atoms. The average Bonchev–Trinajstić information content (AvgIpc) is 2.16. The van der Waals surface area contributed by atoms with E-state index in [0.29, 0.717) is 13.0 Å². The maximum atomic E-state index is 11.7. The molecule has 2 N–H and O–H groups in total. The van der Waals surface area contributed by atoms with Gasteiger partial charge >= 0.3 is 0 Å². The summed E-state index contributed by atoms with van der Waals surface area (Å²) in [7, 11) is 0. The smallest absolute Gasteiger partial charge is 0.223 e. The second-order valence-electron chi connectivity index (χ2n) is 4.20. The summed E-state index contributed by atoms with van der Waals surface area (Å²) in [6, 6.07) is 0. The summed E-state index contributed by atoms with van der Waals surface area (Å²) < 4.78 is 0. The SMILES string of the molecule is CCCC(CCC)C(=O)NCC[C@@H](C)O. The van der Waals surface area contributed by atoms with Gasteiger partial charge in [0.15, 0.2) is 0 Å². The van der Waals surface area contributed by atoms with Gasteiger partial charge in [0.1, 0.15) is 0 Å². The predicted octanol–water partition coefficient (Wildman–Crippen LogP) is 2.09. The van der Waals surface area contributed by atoms with Crippen LogP contribution in [0.3, 0.4) is 0 Å². The summed E-state index contributed by atoms with van der Waals surface area (Å²) in [5.41, 5.74) is 0. The van der Waals surface area contributed by atoms with Crippen molar-refractivity contribution in [2.24, 2.45) is 5.92 Å². The largest absolute Gasteiger partial charge is 0.393 e. The van der Waals surface area contributed by atoms with Gasteiger partial charge in [-0.1, -0.05) is 26.7 Å². The standard InChI is InChI=1S/C12H25NO2/c1-4-6-11(7-5-2)12(15)13-9-8-10(3)14/h10-11,14H,4-9H2,1-3H3,(H,13,15)/t10-/m1/s1. The molecule has 3 nitrogen and oxygen atoms in total. The Hall–Kier alpha value is -0.570. The van der Waals surface area contributed by atoms with Crippen molar-refractivity contribution < 1.29 is 9.90 Å². The molecule has 0 rings (SSSR count). The molecule has 0 aromatic rings. The number of aliphatic hydroxyl groups is 1. The second kappa shape index (κ2) is 8.72. The highest BCUT2D eigenvalue weighted by molar-refractivity contribution is 5.78. The van der Waals surface area contributed by atoms with E-state index in [0.717, 1.165) is 25.7 Å². The Morgan fingerprint density at radius 3 is 2.13 bits per heavy atom. The van der Waals surface area contributed by atoms with Gasteiger partial charge in [-0.15, -0.1) is 0 Å². The van der Waals surface area contributed by atoms with Crippen molar-refractivity contribution in [3.05, 3.63) is 0 Å². The molecule has 1 atom stereocenters. The van der Waals surface area contributed by atoms with E-state index in [9.17, 15) is 4.79 Å². The van der Waals surface area contributed by atoms with Crippen LogP contribution in [-0.2, 0) is 4.79 Å². The van der Waals surface area contributed by atoms with Crippen LogP contribution in [0.5, 0.6) is 0 Å². The molecule has 0 aliphatic carbocycles. The molecule has 0 heterocycles. The third-order valence-electron chi connectivity index (χ3n) is 2.51.